The molecule has 4 N–H and O–H groups in total. The molecule has 0 amide bonds. The minimum absolute atomic E-state index is 0.272. The molecule has 0 aliphatic heterocycles. The Hall–Kier alpha value is -1.74. The highest BCUT2D eigenvalue weighted by Crippen LogP contribution is 2.32. The van der Waals surface area contributed by atoms with Gasteiger partial charge in [-0.15, -0.1) is 0 Å². The number of oxime groups is 1. The summed E-state index contributed by atoms with van der Waals surface area (Å²) in [6.45, 7) is 0. The lowest BCUT2D eigenvalue weighted by atomic mass is 9.98. The van der Waals surface area contributed by atoms with Gasteiger partial charge in [-0.05, 0) is 25.0 Å². The molecular formula is C12H15F2N3O3S. The predicted octanol–water partition coefficient (Wildman–Crippen LogP) is 1.30. The molecule has 1 saturated carbocycles. The van der Waals surface area contributed by atoms with Crippen LogP contribution >= 0.6 is 0 Å². The van der Waals surface area contributed by atoms with Gasteiger partial charge in [0.2, 0.25) is 10.0 Å². The number of nitrogens with one attached hydrogen (secondary N) is 1. The molecular weight excluding hydrogens is 304 g/mol. The molecule has 21 heavy (non-hydrogen) atoms. The molecule has 0 aromatic heterocycles. The lowest BCUT2D eigenvalue weighted by Crippen LogP contribution is -2.55. The number of rotatable bonds is 4. The van der Waals surface area contributed by atoms with Crippen molar-refractivity contribution < 1.29 is 22.4 Å². The number of benzene rings is 1. The van der Waals surface area contributed by atoms with Crippen LogP contribution in [0.3, 0.4) is 0 Å². The second kappa shape index (κ2) is 5.57. The molecule has 1 aromatic carbocycles. The molecule has 2 rings (SSSR count). The Morgan fingerprint density at radius 2 is 1.95 bits per heavy atom. The lowest BCUT2D eigenvalue weighted by Gasteiger charge is -2.28. The van der Waals surface area contributed by atoms with Crippen molar-refractivity contribution in [1.29, 1.82) is 0 Å². The third kappa shape index (κ3) is 2.98. The Kier molecular flexibility index (Phi) is 4.15. The smallest absolute Gasteiger partial charge is 0.244 e. The zero-order valence-corrected chi connectivity index (χ0v) is 11.8. The van der Waals surface area contributed by atoms with Gasteiger partial charge in [-0.1, -0.05) is 18.0 Å². The Bertz CT molecular complexity index is 670. The van der Waals surface area contributed by atoms with Gasteiger partial charge in [0.05, 0.1) is 5.54 Å². The highest BCUT2D eigenvalue weighted by molar-refractivity contribution is 7.89. The maximum Gasteiger partial charge on any atom is 0.244 e. The van der Waals surface area contributed by atoms with Crippen molar-refractivity contribution in [2.75, 3.05) is 0 Å². The van der Waals surface area contributed by atoms with E-state index in [-0.39, 0.29) is 5.84 Å². The minimum Gasteiger partial charge on any atom is -0.409 e. The first-order valence-corrected chi connectivity index (χ1v) is 7.76. The first-order chi connectivity index (χ1) is 9.81. The summed E-state index contributed by atoms with van der Waals surface area (Å²) >= 11 is 0. The topological polar surface area (TPSA) is 105 Å². The zero-order chi connectivity index (χ0) is 15.7. The lowest BCUT2D eigenvalue weighted by molar-refractivity contribution is 0.309. The molecule has 0 atom stereocenters. The van der Waals surface area contributed by atoms with E-state index in [2.05, 4.69) is 9.88 Å². The summed E-state index contributed by atoms with van der Waals surface area (Å²) in [6.07, 6.45) is 2.05. The molecule has 6 nitrogen and oxygen atoms in total. The van der Waals surface area contributed by atoms with Gasteiger partial charge in [-0.3, -0.25) is 0 Å². The molecule has 0 saturated heterocycles. The van der Waals surface area contributed by atoms with Crippen LogP contribution < -0.4 is 10.5 Å². The van der Waals surface area contributed by atoms with Crippen LogP contribution in [0.4, 0.5) is 8.78 Å². The van der Waals surface area contributed by atoms with Crippen LogP contribution in [0, 0.1) is 11.6 Å². The van der Waals surface area contributed by atoms with Gasteiger partial charge in [0.25, 0.3) is 0 Å². The Morgan fingerprint density at radius 3 is 2.48 bits per heavy atom. The van der Waals surface area contributed by atoms with E-state index in [1.165, 1.54) is 0 Å². The van der Waals surface area contributed by atoms with Gasteiger partial charge < -0.3 is 10.9 Å². The van der Waals surface area contributed by atoms with E-state index < -0.39 is 32.1 Å². The molecule has 1 aromatic rings. The zero-order valence-electron chi connectivity index (χ0n) is 11.0. The number of hydrogen-bond acceptors (Lipinski definition) is 4. The normalized spacial score (nSPS) is 18.9. The second-order valence-electron chi connectivity index (χ2n) is 4.95. The molecule has 1 aliphatic carbocycles. The van der Waals surface area contributed by atoms with Gasteiger partial charge in [-0.25, -0.2) is 17.2 Å². The Labute approximate surface area is 120 Å². The van der Waals surface area contributed by atoms with Crippen LogP contribution in [0.5, 0.6) is 0 Å². The van der Waals surface area contributed by atoms with E-state index >= 15 is 0 Å². The van der Waals surface area contributed by atoms with Crippen LogP contribution in [0.25, 0.3) is 0 Å². The maximum absolute atomic E-state index is 13.7. The van der Waals surface area contributed by atoms with Crippen LogP contribution in [0.1, 0.15) is 25.7 Å². The van der Waals surface area contributed by atoms with Crippen molar-refractivity contribution in [3.8, 4) is 0 Å². The van der Waals surface area contributed by atoms with Crippen LogP contribution in [0.15, 0.2) is 28.3 Å². The number of amidine groups is 1. The van der Waals surface area contributed by atoms with E-state index in [1.54, 1.807) is 0 Å². The summed E-state index contributed by atoms with van der Waals surface area (Å²) in [5, 5.41) is 11.7. The third-order valence-corrected chi connectivity index (χ3v) is 5.14. The second-order valence-corrected chi connectivity index (χ2v) is 6.61. The Morgan fingerprint density at radius 1 is 1.33 bits per heavy atom. The maximum atomic E-state index is 13.7. The molecule has 0 unspecified atom stereocenters. The predicted molar refractivity (Wildman–Crippen MR) is 71.3 cm³/mol. The van der Waals surface area contributed by atoms with Crippen molar-refractivity contribution >= 4 is 15.9 Å². The fraction of sp³-hybridized carbons (Fsp3) is 0.417. The van der Waals surface area contributed by atoms with Crippen molar-refractivity contribution in [3.63, 3.8) is 0 Å². The fourth-order valence-electron chi connectivity index (χ4n) is 2.49. The van der Waals surface area contributed by atoms with Gasteiger partial charge in [-0.2, -0.15) is 4.72 Å². The first-order valence-electron chi connectivity index (χ1n) is 6.28. The molecule has 0 bridgehead atoms. The number of sulfonamides is 1. The molecule has 9 heteroatoms. The average Bonchev–Trinajstić information content (AvgIpc) is 2.86. The molecule has 1 aliphatic rings. The number of halogens is 2. The minimum atomic E-state index is -4.27. The highest BCUT2D eigenvalue weighted by Gasteiger charge is 2.42. The van der Waals surface area contributed by atoms with Crippen LogP contribution in [-0.2, 0) is 10.0 Å². The fourth-order valence-corrected chi connectivity index (χ4v) is 3.99. The monoisotopic (exact) mass is 319 g/mol. The summed E-state index contributed by atoms with van der Waals surface area (Å²) in [5.74, 6) is -2.35. The third-order valence-electron chi connectivity index (χ3n) is 3.57. The standard InChI is InChI=1S/C12H15F2N3O3S/c13-8-3-4-10(9(14)7-8)21(19,20)17-12(11(15)16-18)5-1-2-6-12/h3-4,7,17-18H,1-2,5-6H2,(H2,15,16). The van der Waals surface area contributed by atoms with E-state index in [1.807, 2.05) is 0 Å². The summed E-state index contributed by atoms with van der Waals surface area (Å²) in [4.78, 5) is -0.680. The van der Waals surface area contributed by atoms with Crippen LogP contribution in [-0.4, -0.2) is 25.0 Å². The first kappa shape index (κ1) is 15.6. The number of hydrogen-bond donors (Lipinski definition) is 3. The van der Waals surface area contributed by atoms with E-state index in [0.29, 0.717) is 31.7 Å². The number of nitrogens with two attached hydrogens (primary N) is 1. The summed E-state index contributed by atoms with van der Waals surface area (Å²) in [5.41, 5.74) is 4.34. The quantitative estimate of drug-likeness (QED) is 0.337. The van der Waals surface area contributed by atoms with Gasteiger partial charge in [0.1, 0.15) is 16.5 Å². The van der Waals surface area contributed by atoms with Gasteiger partial charge in [0.15, 0.2) is 5.84 Å². The molecule has 116 valence electrons. The summed E-state index contributed by atoms with van der Waals surface area (Å²) in [6, 6.07) is 2.17. The van der Waals surface area contributed by atoms with Crippen molar-refractivity contribution in [2.24, 2.45) is 10.9 Å². The molecule has 1 fully saturated rings. The average molecular weight is 319 g/mol. The summed E-state index contributed by atoms with van der Waals surface area (Å²) < 4.78 is 53.4. The van der Waals surface area contributed by atoms with E-state index in [9.17, 15) is 17.2 Å². The molecule has 0 heterocycles. The highest BCUT2D eigenvalue weighted by atomic mass is 32.2. The molecule has 0 radical (unpaired) electrons. The van der Waals surface area contributed by atoms with Crippen LogP contribution in [0.2, 0.25) is 0 Å². The van der Waals surface area contributed by atoms with E-state index in [4.69, 9.17) is 10.9 Å². The number of nitrogens with zero attached hydrogens (tertiary/aromatic N) is 1. The van der Waals surface area contributed by atoms with Gasteiger partial charge >= 0.3 is 0 Å². The summed E-state index contributed by atoms with van der Waals surface area (Å²) in [7, 11) is -4.27. The Balaban J connectivity index is 2.40. The largest absolute Gasteiger partial charge is 0.409 e. The SMILES string of the molecule is N/C(=N/O)C1(NS(=O)(=O)c2ccc(F)cc2F)CCCC1. The van der Waals surface area contributed by atoms with Crippen molar-refractivity contribution in [3.05, 3.63) is 29.8 Å². The van der Waals surface area contributed by atoms with E-state index in [0.717, 1.165) is 12.1 Å². The van der Waals surface area contributed by atoms with Crippen molar-refractivity contribution in [2.45, 2.75) is 36.1 Å². The van der Waals surface area contributed by atoms with Gasteiger partial charge in [0, 0.05) is 6.07 Å². The van der Waals surface area contributed by atoms with Crippen molar-refractivity contribution in [1.82, 2.24) is 4.72 Å². The molecule has 0 spiro atoms.